The van der Waals surface area contributed by atoms with Gasteiger partial charge in [-0.2, -0.15) is 0 Å². The molecule has 0 bridgehead atoms. The van der Waals surface area contributed by atoms with E-state index in [1.165, 1.54) is 25.0 Å². The number of hydrogen-bond acceptors (Lipinski definition) is 8. The van der Waals surface area contributed by atoms with Crippen LogP contribution in [-0.2, 0) is 4.79 Å². The van der Waals surface area contributed by atoms with Gasteiger partial charge in [-0.15, -0.1) is 0 Å². The molecule has 2 aromatic heterocycles. The van der Waals surface area contributed by atoms with Crippen LogP contribution in [0.1, 0.15) is 6.92 Å². The first-order chi connectivity index (χ1) is 10.4. The number of aliphatic hydroxyl groups excluding tert-OH is 1. The van der Waals surface area contributed by atoms with Crippen molar-refractivity contribution in [3.8, 4) is 0 Å². The van der Waals surface area contributed by atoms with Gasteiger partial charge in [-0.1, -0.05) is 11.8 Å². The molecule has 2 heterocycles. The highest BCUT2D eigenvalue weighted by Gasteiger charge is 2.21. The van der Waals surface area contributed by atoms with Crippen molar-refractivity contribution in [3.05, 3.63) is 6.33 Å². The lowest BCUT2D eigenvalue weighted by molar-refractivity contribution is -0.123. The van der Waals surface area contributed by atoms with E-state index in [-0.39, 0.29) is 5.82 Å². The summed E-state index contributed by atoms with van der Waals surface area (Å²) in [5.74, 6) is -0.615. The Labute approximate surface area is 129 Å². The fourth-order valence-electron chi connectivity index (χ4n) is 1.55. The van der Waals surface area contributed by atoms with E-state index in [0.717, 1.165) is 0 Å². The summed E-state index contributed by atoms with van der Waals surface area (Å²) in [5, 5.41) is 14.1. The van der Waals surface area contributed by atoms with Crippen molar-refractivity contribution in [1.29, 1.82) is 0 Å². The number of rotatable bonds is 4. The number of nitrogens with one attached hydrogen (secondary N) is 3. The second kappa shape index (κ2) is 6.68. The molecule has 10 nitrogen and oxygen atoms in total. The van der Waals surface area contributed by atoms with Crippen LogP contribution in [0.25, 0.3) is 11.2 Å². The average Bonchev–Trinajstić information content (AvgIpc) is 2.94. The number of carbonyl (C=O) groups is 2. The van der Waals surface area contributed by atoms with E-state index in [1.54, 1.807) is 6.26 Å². The summed E-state index contributed by atoms with van der Waals surface area (Å²) in [6, 6.07) is -2.02. The zero-order valence-electron chi connectivity index (χ0n) is 11.8. The van der Waals surface area contributed by atoms with Gasteiger partial charge in [0.25, 0.3) is 0 Å². The number of H-pyrrole nitrogens is 1. The topological polar surface area (TPSA) is 159 Å². The van der Waals surface area contributed by atoms with E-state index in [0.29, 0.717) is 16.3 Å². The van der Waals surface area contributed by atoms with Crippen molar-refractivity contribution in [2.75, 3.05) is 11.6 Å². The Balaban J connectivity index is 2.15. The summed E-state index contributed by atoms with van der Waals surface area (Å²) in [6.45, 7) is 1.35. The molecule has 2 rings (SSSR count). The van der Waals surface area contributed by atoms with Crippen molar-refractivity contribution in [2.24, 2.45) is 5.73 Å². The maximum absolute atomic E-state index is 11.8. The minimum Gasteiger partial charge on any atom is -0.391 e. The third kappa shape index (κ3) is 3.50. The van der Waals surface area contributed by atoms with Crippen molar-refractivity contribution in [2.45, 2.75) is 24.2 Å². The molecule has 0 aliphatic heterocycles. The zero-order chi connectivity index (χ0) is 16.3. The highest BCUT2D eigenvalue weighted by Crippen LogP contribution is 2.20. The van der Waals surface area contributed by atoms with Crippen LogP contribution < -0.4 is 16.4 Å². The Kier molecular flexibility index (Phi) is 4.90. The lowest BCUT2D eigenvalue weighted by atomic mass is 10.2. The molecule has 0 fully saturated rings. The predicted molar refractivity (Wildman–Crippen MR) is 80.3 cm³/mol. The van der Waals surface area contributed by atoms with Crippen molar-refractivity contribution in [3.63, 3.8) is 0 Å². The summed E-state index contributed by atoms with van der Waals surface area (Å²) in [7, 11) is 0. The Morgan fingerprint density at radius 3 is 2.82 bits per heavy atom. The number of aromatic nitrogens is 4. The maximum Gasteiger partial charge on any atom is 0.327 e. The van der Waals surface area contributed by atoms with Gasteiger partial charge < -0.3 is 15.8 Å². The second-order valence-electron chi connectivity index (χ2n) is 4.37. The quantitative estimate of drug-likeness (QED) is 0.369. The third-order valence-corrected chi connectivity index (χ3v) is 3.29. The Morgan fingerprint density at radius 2 is 2.18 bits per heavy atom. The molecule has 118 valence electrons. The van der Waals surface area contributed by atoms with Crippen LogP contribution in [0.3, 0.4) is 0 Å². The SMILES string of the molecule is CSc1nc(NC(=O)NC(=O)[C@@H](N)[C@@H](C)O)c2[nH]cnc2n1. The fraction of sp³-hybridized carbons (Fsp3) is 0.364. The van der Waals surface area contributed by atoms with Crippen LogP contribution in [-0.4, -0.2) is 55.4 Å². The molecular formula is C11H15N7O3S. The van der Waals surface area contributed by atoms with E-state index in [2.05, 4.69) is 25.3 Å². The predicted octanol–water partition coefficient (Wildman–Crippen LogP) is -0.569. The summed E-state index contributed by atoms with van der Waals surface area (Å²) >= 11 is 1.28. The van der Waals surface area contributed by atoms with E-state index >= 15 is 0 Å². The average molecular weight is 325 g/mol. The molecule has 0 saturated heterocycles. The van der Waals surface area contributed by atoms with Gasteiger partial charge in [0.2, 0.25) is 5.91 Å². The highest BCUT2D eigenvalue weighted by molar-refractivity contribution is 7.98. The number of nitrogens with zero attached hydrogens (tertiary/aromatic N) is 3. The summed E-state index contributed by atoms with van der Waals surface area (Å²) < 4.78 is 0. The number of hydrogen-bond donors (Lipinski definition) is 5. The molecule has 6 N–H and O–H groups in total. The van der Waals surface area contributed by atoms with Crippen LogP contribution in [0.5, 0.6) is 0 Å². The minimum atomic E-state index is -1.20. The number of nitrogens with two attached hydrogens (primary N) is 1. The third-order valence-electron chi connectivity index (χ3n) is 2.74. The van der Waals surface area contributed by atoms with Gasteiger partial charge in [0.05, 0.1) is 12.4 Å². The van der Waals surface area contributed by atoms with Crippen LogP contribution >= 0.6 is 11.8 Å². The van der Waals surface area contributed by atoms with Gasteiger partial charge in [-0.25, -0.2) is 19.7 Å². The molecule has 0 spiro atoms. The summed E-state index contributed by atoms with van der Waals surface area (Å²) in [4.78, 5) is 38.5. The number of anilines is 1. The first-order valence-corrected chi connectivity index (χ1v) is 7.45. The number of imide groups is 1. The van der Waals surface area contributed by atoms with Gasteiger partial charge in [-0.05, 0) is 13.2 Å². The van der Waals surface area contributed by atoms with E-state index < -0.39 is 24.1 Å². The Bertz CT molecular complexity index is 702. The molecule has 0 aromatic carbocycles. The fourth-order valence-corrected chi connectivity index (χ4v) is 1.91. The molecule has 2 aromatic rings. The van der Waals surface area contributed by atoms with E-state index in [9.17, 15) is 14.7 Å². The number of fused-ring (bicyclic) bond motifs is 1. The summed E-state index contributed by atoms with van der Waals surface area (Å²) in [6.07, 6.45) is 2.12. The Hall–Kier alpha value is -2.24. The van der Waals surface area contributed by atoms with Crippen molar-refractivity contribution >= 4 is 40.7 Å². The monoisotopic (exact) mass is 325 g/mol. The van der Waals surface area contributed by atoms with Crippen molar-refractivity contribution < 1.29 is 14.7 Å². The van der Waals surface area contributed by atoms with E-state index in [1.807, 2.05) is 5.32 Å². The van der Waals surface area contributed by atoms with Gasteiger partial charge in [0, 0.05) is 0 Å². The van der Waals surface area contributed by atoms with Crippen LogP contribution in [0.4, 0.5) is 10.6 Å². The molecule has 11 heteroatoms. The molecular weight excluding hydrogens is 310 g/mol. The van der Waals surface area contributed by atoms with Crippen LogP contribution in [0, 0.1) is 0 Å². The molecule has 0 radical (unpaired) electrons. The van der Waals surface area contributed by atoms with Gasteiger partial charge in [0.1, 0.15) is 11.6 Å². The molecule has 0 unspecified atom stereocenters. The molecule has 3 amide bonds. The van der Waals surface area contributed by atoms with E-state index in [4.69, 9.17) is 5.73 Å². The molecule has 0 saturated carbocycles. The summed E-state index contributed by atoms with van der Waals surface area (Å²) in [5.41, 5.74) is 6.26. The van der Waals surface area contributed by atoms with Gasteiger partial charge in [0.15, 0.2) is 16.6 Å². The number of aliphatic hydroxyl groups is 1. The van der Waals surface area contributed by atoms with Gasteiger partial charge >= 0.3 is 6.03 Å². The van der Waals surface area contributed by atoms with Crippen molar-refractivity contribution in [1.82, 2.24) is 25.3 Å². The lowest BCUT2D eigenvalue weighted by Gasteiger charge is -2.14. The number of amides is 3. The molecule has 0 aliphatic rings. The van der Waals surface area contributed by atoms with Gasteiger partial charge in [-0.3, -0.25) is 15.4 Å². The minimum absolute atomic E-state index is 0.183. The Morgan fingerprint density at radius 1 is 1.45 bits per heavy atom. The molecule has 22 heavy (non-hydrogen) atoms. The first kappa shape index (κ1) is 16.1. The molecule has 2 atom stereocenters. The number of carbonyl (C=O) groups excluding carboxylic acids is 2. The molecule has 0 aliphatic carbocycles. The zero-order valence-corrected chi connectivity index (χ0v) is 12.6. The number of thioether (sulfide) groups is 1. The van der Waals surface area contributed by atoms with Crippen LogP contribution in [0.15, 0.2) is 11.5 Å². The van der Waals surface area contributed by atoms with Crippen LogP contribution in [0.2, 0.25) is 0 Å². The normalized spacial score (nSPS) is 13.6. The number of urea groups is 1. The number of imidazole rings is 1. The largest absolute Gasteiger partial charge is 0.391 e. The maximum atomic E-state index is 11.8. The highest BCUT2D eigenvalue weighted by atomic mass is 32.2. The smallest absolute Gasteiger partial charge is 0.327 e. The first-order valence-electron chi connectivity index (χ1n) is 6.23. The standard InChI is InChI=1S/C11H15N7O3S/c1-4(19)5(12)9(20)18-10(21)15-8-6-7(14-3-13-6)16-11(17-8)22-2/h3-5,19H,12H2,1-2H3,(H3,13,14,15,16,17,18,20,21)/t4-,5+/m1/s1. The lowest BCUT2D eigenvalue weighted by Crippen LogP contribution is -2.50. The number of aromatic amines is 1. The second-order valence-corrected chi connectivity index (χ2v) is 5.14.